The number of sulfone groups is 2. The number of hydrogen-bond acceptors (Lipinski definition) is 6. The minimum atomic E-state index is -6.28. The minimum Gasteiger partial charge on any atom is -0.229 e. The molecule has 0 fully saturated rings. The van der Waals surface area contributed by atoms with Crippen LogP contribution in [0.2, 0.25) is 0 Å². The molecule has 0 amide bonds. The molecule has 15 heavy (non-hydrogen) atoms. The van der Waals surface area contributed by atoms with Crippen LogP contribution in [0.4, 0.5) is 13.2 Å². The first-order valence-electron chi connectivity index (χ1n) is 2.94. The quantitative estimate of drug-likeness (QED) is 0.659. The molecule has 92 valence electrons. The van der Waals surface area contributed by atoms with Gasteiger partial charge in [0, 0.05) is 6.26 Å². The van der Waals surface area contributed by atoms with Crippen molar-refractivity contribution < 1.29 is 38.4 Å². The van der Waals surface area contributed by atoms with E-state index in [1.807, 2.05) is 0 Å². The van der Waals surface area contributed by atoms with Crippen molar-refractivity contribution in [3.05, 3.63) is 0 Å². The summed E-state index contributed by atoms with van der Waals surface area (Å²) in [6.45, 7) is 0. The first-order chi connectivity index (χ1) is 6.32. The third kappa shape index (κ3) is 3.04. The molecule has 1 unspecified atom stereocenters. The fourth-order valence-corrected chi connectivity index (χ4v) is 5.53. The summed E-state index contributed by atoms with van der Waals surface area (Å²) in [6.07, 6.45) is 0.0894. The van der Waals surface area contributed by atoms with Gasteiger partial charge >= 0.3 is 5.51 Å². The van der Waals surface area contributed by atoms with Crippen molar-refractivity contribution in [2.45, 2.75) is 9.42 Å². The van der Waals surface area contributed by atoms with E-state index in [0.29, 0.717) is 0 Å². The second-order valence-corrected chi connectivity index (χ2v) is 8.65. The van der Waals surface area contributed by atoms with Gasteiger partial charge in [0.15, 0.2) is 20.5 Å². The highest BCUT2D eigenvalue weighted by molar-refractivity contribution is 8.19. The summed E-state index contributed by atoms with van der Waals surface area (Å²) >= 11 is 0. The zero-order valence-electron chi connectivity index (χ0n) is 6.92. The van der Waals surface area contributed by atoms with Crippen molar-refractivity contribution >= 4 is 30.4 Å². The molecular formula is C3H5F3O6S3. The standard InChI is InChI=1S/C3H5F3O6S3/c1-14(9,10)2(13(7)8)15(11,12)3(4,5)6/h2,13H,1H3. The summed E-state index contributed by atoms with van der Waals surface area (Å²) in [4.78, 5) is 0. The molecule has 0 saturated carbocycles. The van der Waals surface area contributed by atoms with Crippen LogP contribution in [0.15, 0.2) is 0 Å². The van der Waals surface area contributed by atoms with E-state index in [9.17, 15) is 38.4 Å². The number of hydrogen-bond donors (Lipinski definition) is 1. The number of alkyl halides is 3. The van der Waals surface area contributed by atoms with Crippen molar-refractivity contribution in [3.63, 3.8) is 0 Å². The molecule has 0 aliphatic carbocycles. The van der Waals surface area contributed by atoms with Gasteiger partial charge < -0.3 is 0 Å². The highest BCUT2D eigenvalue weighted by Crippen LogP contribution is 2.29. The van der Waals surface area contributed by atoms with Gasteiger partial charge in [-0.1, -0.05) is 0 Å². The Hall–Kier alpha value is -0.360. The SMILES string of the molecule is CS(=O)(=O)C([SH](=O)=O)S(=O)(=O)C(F)(F)F. The van der Waals surface area contributed by atoms with Crippen LogP contribution in [0.5, 0.6) is 0 Å². The molecule has 0 spiro atoms. The predicted molar refractivity (Wildman–Crippen MR) is 43.9 cm³/mol. The van der Waals surface area contributed by atoms with E-state index >= 15 is 0 Å². The Kier molecular flexibility index (Phi) is 3.81. The van der Waals surface area contributed by atoms with E-state index in [1.54, 1.807) is 0 Å². The highest BCUT2D eigenvalue weighted by atomic mass is 32.3. The molecule has 12 heteroatoms. The normalized spacial score (nSPS) is 16.6. The Morgan fingerprint density at radius 1 is 1.07 bits per heavy atom. The van der Waals surface area contributed by atoms with Crippen LogP contribution in [-0.4, -0.2) is 40.9 Å². The van der Waals surface area contributed by atoms with Gasteiger partial charge in [0.25, 0.3) is 13.8 Å². The van der Waals surface area contributed by atoms with Gasteiger partial charge in [0.05, 0.1) is 0 Å². The zero-order valence-corrected chi connectivity index (χ0v) is 9.45. The van der Waals surface area contributed by atoms with Crippen molar-refractivity contribution in [2.24, 2.45) is 0 Å². The number of halogens is 3. The van der Waals surface area contributed by atoms with E-state index in [0.717, 1.165) is 0 Å². The van der Waals surface area contributed by atoms with Crippen LogP contribution in [-0.2, 0) is 30.4 Å². The summed E-state index contributed by atoms with van der Waals surface area (Å²) in [5.74, 6) is 0. The average Bonchev–Trinajstić information content (AvgIpc) is 1.76. The molecule has 1 atom stereocenters. The average molecular weight is 290 g/mol. The van der Waals surface area contributed by atoms with Crippen LogP contribution >= 0.6 is 0 Å². The molecule has 0 radical (unpaired) electrons. The molecule has 0 bridgehead atoms. The summed E-state index contributed by atoms with van der Waals surface area (Å²) < 4.78 is 94.8. The lowest BCUT2D eigenvalue weighted by molar-refractivity contribution is -0.0434. The maximum absolute atomic E-state index is 11.9. The van der Waals surface area contributed by atoms with Gasteiger partial charge in [0.2, 0.25) is 0 Å². The summed E-state index contributed by atoms with van der Waals surface area (Å²) in [7, 11) is -15.5. The van der Waals surface area contributed by atoms with E-state index in [2.05, 4.69) is 0 Å². The first kappa shape index (κ1) is 14.6. The number of rotatable bonds is 3. The Morgan fingerprint density at radius 2 is 1.40 bits per heavy atom. The molecule has 0 saturated heterocycles. The fourth-order valence-electron chi connectivity index (χ4n) is 0.614. The molecular weight excluding hydrogens is 285 g/mol. The smallest absolute Gasteiger partial charge is 0.229 e. The lowest BCUT2D eigenvalue weighted by Gasteiger charge is -2.12. The minimum absolute atomic E-state index is 0.0894. The third-order valence-electron chi connectivity index (χ3n) is 1.13. The summed E-state index contributed by atoms with van der Waals surface area (Å²) in [6, 6.07) is 0. The maximum Gasteiger partial charge on any atom is 0.499 e. The van der Waals surface area contributed by atoms with Crippen molar-refractivity contribution in [2.75, 3.05) is 6.26 Å². The summed E-state index contributed by atoms with van der Waals surface area (Å²) in [5.41, 5.74) is -5.93. The number of thiol groups is 1. The Balaban J connectivity index is 5.96. The maximum atomic E-state index is 11.9. The van der Waals surface area contributed by atoms with Crippen molar-refractivity contribution in [1.82, 2.24) is 0 Å². The van der Waals surface area contributed by atoms with Gasteiger partial charge in [0.1, 0.15) is 0 Å². The Bertz CT molecular complexity index is 500. The first-order valence-corrected chi connectivity index (χ1v) is 7.69. The third-order valence-corrected chi connectivity index (χ3v) is 8.20. The predicted octanol–water partition coefficient (Wildman–Crippen LogP) is -1.14. The van der Waals surface area contributed by atoms with Crippen LogP contribution in [0.25, 0.3) is 0 Å². The molecule has 0 aromatic rings. The molecule has 0 aromatic carbocycles. The van der Waals surface area contributed by atoms with Crippen LogP contribution in [0.1, 0.15) is 0 Å². The van der Waals surface area contributed by atoms with Gasteiger partial charge in [-0.3, -0.25) is 0 Å². The molecule has 0 rings (SSSR count). The van der Waals surface area contributed by atoms with Gasteiger partial charge in [-0.25, -0.2) is 25.3 Å². The van der Waals surface area contributed by atoms with E-state index < -0.39 is 39.8 Å². The monoisotopic (exact) mass is 290 g/mol. The van der Waals surface area contributed by atoms with Gasteiger partial charge in [-0.2, -0.15) is 13.2 Å². The topological polar surface area (TPSA) is 102 Å². The Labute approximate surface area is 84.9 Å². The zero-order chi connectivity index (χ0) is 12.7. The largest absolute Gasteiger partial charge is 0.499 e. The molecule has 0 aliphatic rings. The van der Waals surface area contributed by atoms with Gasteiger partial charge in [-0.05, 0) is 0 Å². The van der Waals surface area contributed by atoms with E-state index in [4.69, 9.17) is 0 Å². The lowest BCUT2D eigenvalue weighted by Crippen LogP contribution is -2.39. The van der Waals surface area contributed by atoms with Crippen molar-refractivity contribution in [1.29, 1.82) is 0 Å². The second kappa shape index (κ2) is 3.90. The molecule has 0 heterocycles. The second-order valence-electron chi connectivity index (χ2n) is 2.41. The molecule has 0 aliphatic heterocycles. The van der Waals surface area contributed by atoms with Crippen molar-refractivity contribution in [3.8, 4) is 0 Å². The highest BCUT2D eigenvalue weighted by Gasteiger charge is 2.56. The van der Waals surface area contributed by atoms with Crippen LogP contribution < -0.4 is 0 Å². The Morgan fingerprint density at radius 3 is 1.47 bits per heavy atom. The van der Waals surface area contributed by atoms with Crippen LogP contribution in [0.3, 0.4) is 0 Å². The molecule has 0 aromatic heterocycles. The fraction of sp³-hybridized carbons (Fsp3) is 1.00. The van der Waals surface area contributed by atoms with Crippen LogP contribution in [0, 0.1) is 0 Å². The van der Waals surface area contributed by atoms with E-state index in [-0.39, 0.29) is 6.26 Å². The summed E-state index contributed by atoms with van der Waals surface area (Å²) in [5, 5.41) is 0. The van der Waals surface area contributed by atoms with E-state index in [1.165, 1.54) is 0 Å². The molecule has 6 nitrogen and oxygen atoms in total. The molecule has 0 N–H and O–H groups in total. The lowest BCUT2D eigenvalue weighted by atomic mass is 11.6. The van der Waals surface area contributed by atoms with Gasteiger partial charge in [-0.15, -0.1) is 0 Å².